The fourth-order valence-electron chi connectivity index (χ4n) is 2.08. The summed E-state index contributed by atoms with van der Waals surface area (Å²) in [7, 11) is 0. The average Bonchev–Trinajstić information content (AvgIpc) is 2.48. The molecule has 6 heteroatoms. The van der Waals surface area contributed by atoms with Gasteiger partial charge in [0.1, 0.15) is 11.9 Å². The number of anilines is 1. The quantitative estimate of drug-likeness (QED) is 0.836. The molecule has 1 heterocycles. The van der Waals surface area contributed by atoms with Crippen molar-refractivity contribution in [2.24, 2.45) is 0 Å². The Bertz CT molecular complexity index is 565. The topological polar surface area (TPSA) is 75.6 Å². The molecule has 2 N–H and O–H groups in total. The molecule has 0 spiro atoms. The van der Waals surface area contributed by atoms with Gasteiger partial charge < -0.3 is 15.2 Å². The Balaban J connectivity index is 2.07. The Labute approximate surface area is 121 Å². The lowest BCUT2D eigenvalue weighted by Gasteiger charge is -2.21. The van der Waals surface area contributed by atoms with Gasteiger partial charge in [0.2, 0.25) is 0 Å². The van der Waals surface area contributed by atoms with Crippen molar-refractivity contribution in [3.63, 3.8) is 0 Å². The zero-order valence-electron chi connectivity index (χ0n) is 11.3. The van der Waals surface area contributed by atoms with Gasteiger partial charge in [-0.05, 0) is 43.5 Å². The zero-order chi connectivity index (χ0) is 15.2. The minimum atomic E-state index is -1.17. The van der Waals surface area contributed by atoms with Crippen LogP contribution in [-0.4, -0.2) is 29.7 Å². The maximum Gasteiger partial charge on any atom is 0.328 e. The Kier molecular flexibility index (Phi) is 5.05. The van der Waals surface area contributed by atoms with E-state index < -0.39 is 17.9 Å². The molecule has 0 bridgehead atoms. The van der Waals surface area contributed by atoms with E-state index in [0.29, 0.717) is 18.7 Å². The van der Waals surface area contributed by atoms with Gasteiger partial charge in [-0.3, -0.25) is 4.79 Å². The molecule has 1 aromatic rings. The van der Waals surface area contributed by atoms with Crippen molar-refractivity contribution in [2.75, 3.05) is 11.9 Å². The summed E-state index contributed by atoms with van der Waals surface area (Å²) >= 11 is 0. The van der Waals surface area contributed by atoms with Crippen LogP contribution < -0.4 is 5.32 Å². The first-order valence-corrected chi connectivity index (χ1v) is 6.69. The van der Waals surface area contributed by atoms with Gasteiger partial charge in [0.25, 0.3) is 5.91 Å². The number of rotatable bonds is 4. The van der Waals surface area contributed by atoms with Gasteiger partial charge >= 0.3 is 5.97 Å². The Morgan fingerprint density at radius 2 is 2.19 bits per heavy atom. The first-order valence-electron chi connectivity index (χ1n) is 6.69. The summed E-state index contributed by atoms with van der Waals surface area (Å²) in [6.07, 6.45) is 4.05. The third kappa shape index (κ3) is 4.39. The molecular formula is C15H16FNO4. The average molecular weight is 293 g/mol. The number of aliphatic carboxylic acids is 1. The van der Waals surface area contributed by atoms with Crippen molar-refractivity contribution in [3.8, 4) is 0 Å². The van der Waals surface area contributed by atoms with Gasteiger partial charge in [-0.2, -0.15) is 0 Å². The molecule has 1 saturated heterocycles. The molecule has 112 valence electrons. The SMILES string of the molecule is O=C(O)/C=C/c1cc(NC(=O)C2CCCCO2)ccc1F. The van der Waals surface area contributed by atoms with Crippen molar-refractivity contribution in [1.82, 2.24) is 0 Å². The van der Waals surface area contributed by atoms with Crippen molar-refractivity contribution in [3.05, 3.63) is 35.7 Å². The smallest absolute Gasteiger partial charge is 0.328 e. The van der Waals surface area contributed by atoms with E-state index in [-0.39, 0.29) is 11.5 Å². The number of hydrogen-bond donors (Lipinski definition) is 2. The zero-order valence-corrected chi connectivity index (χ0v) is 11.3. The van der Waals surface area contributed by atoms with E-state index in [4.69, 9.17) is 9.84 Å². The summed E-state index contributed by atoms with van der Waals surface area (Å²) in [4.78, 5) is 22.4. The van der Waals surface area contributed by atoms with Crippen LogP contribution in [-0.2, 0) is 14.3 Å². The number of carboxylic acid groups (broad SMARTS) is 1. The van der Waals surface area contributed by atoms with Crippen molar-refractivity contribution < 1.29 is 23.8 Å². The van der Waals surface area contributed by atoms with Gasteiger partial charge in [-0.1, -0.05) is 0 Å². The van der Waals surface area contributed by atoms with E-state index in [1.54, 1.807) is 0 Å². The number of benzene rings is 1. The van der Waals surface area contributed by atoms with Gasteiger partial charge in [0, 0.05) is 23.9 Å². The molecule has 1 fully saturated rings. The molecule has 0 aromatic heterocycles. The number of carbonyl (C=O) groups is 2. The summed E-state index contributed by atoms with van der Waals surface area (Å²) < 4.78 is 18.9. The summed E-state index contributed by atoms with van der Waals surface area (Å²) in [6.45, 7) is 0.564. The van der Waals surface area contributed by atoms with Crippen LogP contribution in [0.5, 0.6) is 0 Å². The second kappa shape index (κ2) is 6.99. The second-order valence-electron chi connectivity index (χ2n) is 4.75. The van der Waals surface area contributed by atoms with Crippen LogP contribution in [0.1, 0.15) is 24.8 Å². The molecule has 2 rings (SSSR count). The van der Waals surface area contributed by atoms with E-state index in [1.807, 2.05) is 0 Å². The second-order valence-corrected chi connectivity index (χ2v) is 4.75. The fraction of sp³-hybridized carbons (Fsp3) is 0.333. The monoisotopic (exact) mass is 293 g/mol. The van der Waals surface area contributed by atoms with E-state index in [2.05, 4.69) is 5.32 Å². The first kappa shape index (κ1) is 15.2. The molecule has 1 unspecified atom stereocenters. The van der Waals surface area contributed by atoms with Crippen LogP contribution in [0.4, 0.5) is 10.1 Å². The molecule has 1 aliphatic rings. The van der Waals surface area contributed by atoms with E-state index in [9.17, 15) is 14.0 Å². The van der Waals surface area contributed by atoms with Crippen LogP contribution in [0.15, 0.2) is 24.3 Å². The standard InChI is InChI=1S/C15H16FNO4/c16-12-6-5-11(9-10(12)4-7-14(18)19)17-15(20)13-3-1-2-8-21-13/h4-7,9,13H,1-3,8H2,(H,17,20)(H,18,19)/b7-4+. The Morgan fingerprint density at radius 3 is 2.86 bits per heavy atom. The van der Waals surface area contributed by atoms with Crippen LogP contribution >= 0.6 is 0 Å². The highest BCUT2D eigenvalue weighted by atomic mass is 19.1. The summed E-state index contributed by atoms with van der Waals surface area (Å²) in [5.41, 5.74) is 0.500. The Morgan fingerprint density at radius 1 is 1.38 bits per heavy atom. The van der Waals surface area contributed by atoms with E-state index in [0.717, 1.165) is 25.0 Å². The molecule has 1 amide bonds. The number of halogens is 1. The molecule has 21 heavy (non-hydrogen) atoms. The normalized spacial score (nSPS) is 18.6. The van der Waals surface area contributed by atoms with Crippen molar-refractivity contribution in [1.29, 1.82) is 0 Å². The van der Waals surface area contributed by atoms with E-state index >= 15 is 0 Å². The number of ether oxygens (including phenoxy) is 1. The lowest BCUT2D eigenvalue weighted by molar-refractivity contribution is -0.131. The third-order valence-corrected chi connectivity index (χ3v) is 3.14. The predicted octanol–water partition coefficient (Wildman–Crippen LogP) is 2.43. The third-order valence-electron chi connectivity index (χ3n) is 3.14. The van der Waals surface area contributed by atoms with Crippen LogP contribution in [0, 0.1) is 5.82 Å². The minimum Gasteiger partial charge on any atom is -0.478 e. The largest absolute Gasteiger partial charge is 0.478 e. The number of carbonyl (C=O) groups excluding carboxylic acids is 1. The van der Waals surface area contributed by atoms with Gasteiger partial charge in [-0.25, -0.2) is 9.18 Å². The molecule has 1 aromatic carbocycles. The number of nitrogens with one attached hydrogen (secondary N) is 1. The summed E-state index contributed by atoms with van der Waals surface area (Å²) in [5.74, 6) is -1.99. The molecular weight excluding hydrogens is 277 g/mol. The van der Waals surface area contributed by atoms with Gasteiger partial charge in [0.05, 0.1) is 0 Å². The van der Waals surface area contributed by atoms with Crippen LogP contribution in [0.3, 0.4) is 0 Å². The maximum atomic E-state index is 13.5. The summed E-state index contributed by atoms with van der Waals surface area (Å²) in [6, 6.07) is 3.99. The molecule has 0 aliphatic carbocycles. The Hall–Kier alpha value is -2.21. The minimum absolute atomic E-state index is 0.0970. The number of hydrogen-bond acceptors (Lipinski definition) is 3. The highest BCUT2D eigenvalue weighted by Gasteiger charge is 2.22. The summed E-state index contributed by atoms with van der Waals surface area (Å²) in [5, 5.41) is 11.2. The van der Waals surface area contributed by atoms with Gasteiger partial charge in [-0.15, -0.1) is 0 Å². The van der Waals surface area contributed by atoms with Crippen LogP contribution in [0.2, 0.25) is 0 Å². The molecule has 0 radical (unpaired) electrons. The highest BCUT2D eigenvalue weighted by molar-refractivity contribution is 5.94. The lowest BCUT2D eigenvalue weighted by atomic mass is 10.1. The predicted molar refractivity (Wildman–Crippen MR) is 75.3 cm³/mol. The molecule has 1 atom stereocenters. The van der Waals surface area contributed by atoms with Crippen molar-refractivity contribution in [2.45, 2.75) is 25.4 Å². The fourth-order valence-corrected chi connectivity index (χ4v) is 2.08. The van der Waals surface area contributed by atoms with Crippen LogP contribution in [0.25, 0.3) is 6.08 Å². The lowest BCUT2D eigenvalue weighted by Crippen LogP contribution is -2.33. The number of amides is 1. The molecule has 5 nitrogen and oxygen atoms in total. The molecule has 0 saturated carbocycles. The molecule has 1 aliphatic heterocycles. The van der Waals surface area contributed by atoms with E-state index in [1.165, 1.54) is 18.2 Å². The number of carboxylic acids is 1. The first-order chi connectivity index (χ1) is 10.1. The highest BCUT2D eigenvalue weighted by Crippen LogP contribution is 2.19. The van der Waals surface area contributed by atoms with Crippen molar-refractivity contribution >= 4 is 23.6 Å². The van der Waals surface area contributed by atoms with Gasteiger partial charge in [0.15, 0.2) is 0 Å². The maximum absolute atomic E-state index is 13.5.